The molecule has 3 nitrogen and oxygen atoms in total. The third kappa shape index (κ3) is 2.77. The summed E-state index contributed by atoms with van der Waals surface area (Å²) in [6.07, 6.45) is -2.00. The molecule has 3 unspecified atom stereocenters. The highest BCUT2D eigenvalue weighted by Gasteiger charge is 2.40. The zero-order valence-electron chi connectivity index (χ0n) is 11.4. The van der Waals surface area contributed by atoms with Gasteiger partial charge in [-0.3, -0.25) is 0 Å². The summed E-state index contributed by atoms with van der Waals surface area (Å²) in [4.78, 5) is 4.38. The SMILES string of the molecule is NCC1CCC2N=C(c3ccccc3C(F)(F)F)OC2C1. The van der Waals surface area contributed by atoms with Crippen LogP contribution in [0, 0.1) is 5.92 Å². The summed E-state index contributed by atoms with van der Waals surface area (Å²) in [5, 5.41) is 0. The average molecular weight is 298 g/mol. The van der Waals surface area contributed by atoms with Crippen molar-refractivity contribution in [2.24, 2.45) is 16.6 Å². The highest BCUT2D eigenvalue weighted by Crippen LogP contribution is 2.37. The van der Waals surface area contributed by atoms with Crippen molar-refractivity contribution in [1.29, 1.82) is 0 Å². The number of nitrogens with two attached hydrogens (primary N) is 1. The summed E-state index contributed by atoms with van der Waals surface area (Å²) in [5.41, 5.74) is 5.01. The van der Waals surface area contributed by atoms with Crippen molar-refractivity contribution < 1.29 is 17.9 Å². The van der Waals surface area contributed by atoms with E-state index in [0.717, 1.165) is 25.3 Å². The number of nitrogens with zero attached hydrogens (tertiary/aromatic N) is 1. The molecule has 1 aliphatic carbocycles. The van der Waals surface area contributed by atoms with E-state index < -0.39 is 11.7 Å². The van der Waals surface area contributed by atoms with Crippen LogP contribution in [0.4, 0.5) is 13.2 Å². The Kier molecular flexibility index (Phi) is 3.65. The van der Waals surface area contributed by atoms with Crippen LogP contribution in [0.3, 0.4) is 0 Å². The molecule has 0 amide bonds. The van der Waals surface area contributed by atoms with Gasteiger partial charge in [0.1, 0.15) is 6.10 Å². The van der Waals surface area contributed by atoms with Crippen molar-refractivity contribution in [1.82, 2.24) is 0 Å². The highest BCUT2D eigenvalue weighted by atomic mass is 19.4. The number of ether oxygens (including phenoxy) is 1. The lowest BCUT2D eigenvalue weighted by molar-refractivity contribution is -0.137. The number of benzene rings is 1. The Morgan fingerprint density at radius 1 is 1.24 bits per heavy atom. The van der Waals surface area contributed by atoms with Crippen molar-refractivity contribution >= 4 is 5.90 Å². The van der Waals surface area contributed by atoms with E-state index in [1.165, 1.54) is 12.1 Å². The maximum absolute atomic E-state index is 13.1. The van der Waals surface area contributed by atoms with Gasteiger partial charge in [-0.05, 0) is 43.9 Å². The zero-order valence-corrected chi connectivity index (χ0v) is 11.4. The van der Waals surface area contributed by atoms with Crippen molar-refractivity contribution in [2.45, 2.75) is 37.6 Å². The van der Waals surface area contributed by atoms with Crippen LogP contribution in [0.5, 0.6) is 0 Å². The third-order valence-corrected chi connectivity index (χ3v) is 4.21. The summed E-state index contributed by atoms with van der Waals surface area (Å²) in [6.45, 7) is 0.584. The fraction of sp³-hybridized carbons (Fsp3) is 0.533. The third-order valence-electron chi connectivity index (χ3n) is 4.21. The number of aliphatic imine (C=N–C) groups is 1. The molecular weight excluding hydrogens is 281 g/mol. The first-order chi connectivity index (χ1) is 9.99. The molecule has 3 rings (SSSR count). The molecule has 3 atom stereocenters. The molecule has 2 aliphatic rings. The van der Waals surface area contributed by atoms with E-state index in [2.05, 4.69) is 4.99 Å². The number of fused-ring (bicyclic) bond motifs is 1. The number of rotatable bonds is 2. The van der Waals surface area contributed by atoms with E-state index in [0.29, 0.717) is 12.5 Å². The summed E-state index contributed by atoms with van der Waals surface area (Å²) in [6, 6.07) is 5.38. The molecule has 21 heavy (non-hydrogen) atoms. The van der Waals surface area contributed by atoms with Crippen LogP contribution in [-0.2, 0) is 10.9 Å². The molecule has 1 heterocycles. The lowest BCUT2D eigenvalue weighted by Gasteiger charge is -2.28. The molecule has 114 valence electrons. The van der Waals surface area contributed by atoms with Crippen LogP contribution in [0.2, 0.25) is 0 Å². The second-order valence-corrected chi connectivity index (χ2v) is 5.62. The summed E-state index contributed by atoms with van der Waals surface area (Å²) >= 11 is 0. The highest BCUT2D eigenvalue weighted by molar-refractivity contribution is 5.97. The topological polar surface area (TPSA) is 47.6 Å². The van der Waals surface area contributed by atoms with Crippen LogP contribution in [0.15, 0.2) is 29.3 Å². The van der Waals surface area contributed by atoms with Crippen molar-refractivity contribution in [2.75, 3.05) is 6.54 Å². The average Bonchev–Trinajstić information content (AvgIpc) is 2.89. The summed E-state index contributed by atoms with van der Waals surface area (Å²) in [7, 11) is 0. The van der Waals surface area contributed by atoms with Crippen LogP contribution in [-0.4, -0.2) is 24.6 Å². The van der Waals surface area contributed by atoms with Crippen molar-refractivity contribution in [3.05, 3.63) is 35.4 Å². The first-order valence-electron chi connectivity index (χ1n) is 7.10. The molecule has 0 saturated heterocycles. The van der Waals surface area contributed by atoms with Gasteiger partial charge in [-0.25, -0.2) is 4.99 Å². The number of hydrogen-bond acceptors (Lipinski definition) is 3. The maximum atomic E-state index is 13.1. The molecule has 2 N–H and O–H groups in total. The molecule has 0 aromatic heterocycles. The van der Waals surface area contributed by atoms with E-state index in [9.17, 15) is 13.2 Å². The fourth-order valence-corrected chi connectivity index (χ4v) is 3.06. The Morgan fingerprint density at radius 3 is 2.71 bits per heavy atom. The lowest BCUT2D eigenvalue weighted by atomic mass is 9.84. The Balaban J connectivity index is 1.87. The molecule has 1 aromatic carbocycles. The second kappa shape index (κ2) is 5.33. The Bertz CT molecular complexity index is 556. The van der Waals surface area contributed by atoms with Gasteiger partial charge in [-0.15, -0.1) is 0 Å². The molecule has 0 spiro atoms. The molecule has 1 saturated carbocycles. The van der Waals surface area contributed by atoms with Gasteiger partial charge in [0.25, 0.3) is 0 Å². The standard InChI is InChI=1S/C15H17F3N2O/c16-15(17,18)11-4-2-1-3-10(11)14-20-12-6-5-9(8-19)7-13(12)21-14/h1-4,9,12-13H,5-8,19H2. The maximum Gasteiger partial charge on any atom is 0.417 e. The molecule has 0 bridgehead atoms. The van der Waals surface area contributed by atoms with Gasteiger partial charge in [0.15, 0.2) is 0 Å². The van der Waals surface area contributed by atoms with E-state index in [-0.39, 0.29) is 23.6 Å². The van der Waals surface area contributed by atoms with Crippen LogP contribution >= 0.6 is 0 Å². The quantitative estimate of drug-likeness (QED) is 0.912. The number of hydrogen-bond donors (Lipinski definition) is 1. The molecule has 1 aromatic rings. The zero-order chi connectivity index (χ0) is 15.0. The van der Waals surface area contributed by atoms with Crippen LogP contribution < -0.4 is 5.73 Å². The van der Waals surface area contributed by atoms with E-state index in [1.807, 2.05) is 0 Å². The summed E-state index contributed by atoms with van der Waals surface area (Å²) in [5.74, 6) is 0.495. The van der Waals surface area contributed by atoms with Crippen LogP contribution in [0.1, 0.15) is 30.4 Å². The van der Waals surface area contributed by atoms with Gasteiger partial charge >= 0.3 is 6.18 Å². The second-order valence-electron chi connectivity index (χ2n) is 5.62. The van der Waals surface area contributed by atoms with Crippen molar-refractivity contribution in [3.63, 3.8) is 0 Å². The van der Waals surface area contributed by atoms with Gasteiger partial charge in [0, 0.05) is 5.56 Å². The van der Waals surface area contributed by atoms with Gasteiger partial charge in [0.05, 0.1) is 11.6 Å². The molecular formula is C15H17F3N2O. The Labute approximate surface area is 121 Å². The van der Waals surface area contributed by atoms with Crippen LogP contribution in [0.25, 0.3) is 0 Å². The minimum atomic E-state index is -4.41. The van der Waals surface area contributed by atoms with E-state index in [4.69, 9.17) is 10.5 Å². The summed E-state index contributed by atoms with van der Waals surface area (Å²) < 4.78 is 44.9. The van der Waals surface area contributed by atoms with Gasteiger partial charge in [-0.2, -0.15) is 13.2 Å². The lowest BCUT2D eigenvalue weighted by Crippen LogP contribution is -2.34. The van der Waals surface area contributed by atoms with Gasteiger partial charge in [-0.1, -0.05) is 12.1 Å². The fourth-order valence-electron chi connectivity index (χ4n) is 3.06. The normalized spacial score (nSPS) is 28.8. The minimum Gasteiger partial charge on any atom is -0.472 e. The van der Waals surface area contributed by atoms with Crippen molar-refractivity contribution in [3.8, 4) is 0 Å². The molecule has 1 aliphatic heterocycles. The minimum absolute atomic E-state index is 0.0312. The predicted octanol–water partition coefficient (Wildman–Crippen LogP) is 2.98. The molecule has 6 heteroatoms. The van der Waals surface area contributed by atoms with E-state index in [1.54, 1.807) is 6.07 Å². The van der Waals surface area contributed by atoms with Gasteiger partial charge < -0.3 is 10.5 Å². The number of halogens is 3. The number of alkyl halides is 3. The molecule has 0 radical (unpaired) electrons. The Morgan fingerprint density at radius 2 is 2.00 bits per heavy atom. The van der Waals surface area contributed by atoms with E-state index >= 15 is 0 Å². The van der Waals surface area contributed by atoms with Gasteiger partial charge in [0.2, 0.25) is 5.90 Å². The first-order valence-corrected chi connectivity index (χ1v) is 7.10. The monoisotopic (exact) mass is 298 g/mol. The Hall–Kier alpha value is -1.56. The largest absolute Gasteiger partial charge is 0.472 e. The molecule has 1 fully saturated rings. The smallest absolute Gasteiger partial charge is 0.417 e. The first kappa shape index (κ1) is 14.4. The predicted molar refractivity (Wildman–Crippen MR) is 73.0 cm³/mol.